The minimum atomic E-state index is -0.164. The predicted molar refractivity (Wildman–Crippen MR) is 83.9 cm³/mol. The van der Waals surface area contributed by atoms with E-state index in [4.69, 9.17) is 9.47 Å². The molecule has 0 saturated heterocycles. The van der Waals surface area contributed by atoms with E-state index in [2.05, 4.69) is 20.1 Å². The van der Waals surface area contributed by atoms with Crippen molar-refractivity contribution in [2.24, 2.45) is 0 Å². The Labute approximate surface area is 134 Å². The first kappa shape index (κ1) is 15.3. The van der Waals surface area contributed by atoms with Crippen molar-refractivity contribution in [2.75, 3.05) is 20.8 Å². The van der Waals surface area contributed by atoms with E-state index in [0.717, 1.165) is 31.0 Å². The summed E-state index contributed by atoms with van der Waals surface area (Å²) in [4.78, 5) is 12.3. The summed E-state index contributed by atoms with van der Waals surface area (Å²) >= 11 is 0. The number of ether oxygens (including phenoxy) is 2. The summed E-state index contributed by atoms with van der Waals surface area (Å²) in [5.74, 6) is 2.99. The number of aromatic nitrogens is 3. The molecule has 1 aromatic carbocycles. The Kier molecular flexibility index (Phi) is 4.45. The van der Waals surface area contributed by atoms with Crippen LogP contribution in [0.5, 0.6) is 11.5 Å². The number of rotatable bonds is 6. The van der Waals surface area contributed by atoms with Gasteiger partial charge in [0.15, 0.2) is 0 Å². The van der Waals surface area contributed by atoms with Gasteiger partial charge in [-0.1, -0.05) is 0 Å². The molecule has 0 aliphatic carbocycles. The molecule has 2 aromatic rings. The van der Waals surface area contributed by atoms with E-state index < -0.39 is 0 Å². The third-order valence-electron chi connectivity index (χ3n) is 3.93. The van der Waals surface area contributed by atoms with Crippen LogP contribution in [0.15, 0.2) is 18.2 Å². The molecule has 0 radical (unpaired) electrons. The zero-order chi connectivity index (χ0) is 16.2. The lowest BCUT2D eigenvalue weighted by Gasteiger charge is -2.09. The summed E-state index contributed by atoms with van der Waals surface area (Å²) in [6.45, 7) is 1.48. The normalized spacial score (nSPS) is 12.8. The van der Waals surface area contributed by atoms with E-state index in [0.29, 0.717) is 30.0 Å². The van der Waals surface area contributed by atoms with Gasteiger partial charge in [-0.2, -0.15) is 0 Å². The minimum Gasteiger partial charge on any atom is -0.497 e. The zero-order valence-electron chi connectivity index (χ0n) is 13.3. The van der Waals surface area contributed by atoms with Gasteiger partial charge in [0.25, 0.3) is 5.91 Å². The molecule has 0 atom stereocenters. The Morgan fingerprint density at radius 2 is 1.96 bits per heavy atom. The van der Waals surface area contributed by atoms with Crippen LogP contribution in [-0.2, 0) is 19.4 Å². The van der Waals surface area contributed by atoms with Gasteiger partial charge in [0.05, 0.1) is 14.2 Å². The summed E-state index contributed by atoms with van der Waals surface area (Å²) in [5, 5.41) is 11.2. The van der Waals surface area contributed by atoms with Crippen molar-refractivity contribution < 1.29 is 14.3 Å². The van der Waals surface area contributed by atoms with Crippen LogP contribution < -0.4 is 14.8 Å². The molecule has 0 saturated carbocycles. The van der Waals surface area contributed by atoms with Crippen LogP contribution >= 0.6 is 0 Å². The van der Waals surface area contributed by atoms with Gasteiger partial charge in [0.2, 0.25) is 0 Å². The SMILES string of the molecule is COc1cc(OC)cc(C(=O)NCCc2nnc3n2CCC3)c1. The molecule has 1 aromatic heterocycles. The van der Waals surface area contributed by atoms with Gasteiger partial charge in [-0.15, -0.1) is 10.2 Å². The third kappa shape index (κ3) is 3.28. The first-order valence-electron chi connectivity index (χ1n) is 7.63. The number of carbonyl (C=O) groups excluding carboxylic acids is 1. The number of nitrogens with one attached hydrogen (secondary N) is 1. The fourth-order valence-electron chi connectivity index (χ4n) is 2.72. The van der Waals surface area contributed by atoms with Gasteiger partial charge in [-0.05, 0) is 18.6 Å². The highest BCUT2D eigenvalue weighted by molar-refractivity contribution is 5.95. The monoisotopic (exact) mass is 316 g/mol. The van der Waals surface area contributed by atoms with Crippen LogP contribution in [0.3, 0.4) is 0 Å². The maximum absolute atomic E-state index is 12.3. The summed E-state index contributed by atoms with van der Waals surface area (Å²) in [7, 11) is 3.12. The standard InChI is InChI=1S/C16H20N4O3/c1-22-12-8-11(9-13(10-12)23-2)16(21)17-6-5-15-19-18-14-4-3-7-20(14)15/h8-10H,3-7H2,1-2H3,(H,17,21). The van der Waals surface area contributed by atoms with Gasteiger partial charge in [-0.25, -0.2) is 0 Å². The second-order valence-electron chi connectivity index (χ2n) is 5.39. The molecule has 1 aliphatic heterocycles. The maximum Gasteiger partial charge on any atom is 0.251 e. The molecule has 23 heavy (non-hydrogen) atoms. The van der Waals surface area contributed by atoms with E-state index in [1.807, 2.05) is 0 Å². The smallest absolute Gasteiger partial charge is 0.251 e. The van der Waals surface area contributed by atoms with Crippen molar-refractivity contribution >= 4 is 5.91 Å². The van der Waals surface area contributed by atoms with Crippen LogP contribution in [0.4, 0.5) is 0 Å². The Hall–Kier alpha value is -2.57. The largest absolute Gasteiger partial charge is 0.497 e. The number of nitrogens with zero attached hydrogens (tertiary/aromatic N) is 3. The van der Waals surface area contributed by atoms with E-state index in [-0.39, 0.29) is 5.91 Å². The van der Waals surface area contributed by atoms with Crippen molar-refractivity contribution in [2.45, 2.75) is 25.8 Å². The highest BCUT2D eigenvalue weighted by atomic mass is 16.5. The number of carbonyl (C=O) groups is 1. The number of fused-ring (bicyclic) bond motifs is 1. The Bertz CT molecular complexity index is 689. The molecule has 0 bridgehead atoms. The Balaban J connectivity index is 1.61. The van der Waals surface area contributed by atoms with E-state index >= 15 is 0 Å². The van der Waals surface area contributed by atoms with Gasteiger partial charge in [0.1, 0.15) is 23.1 Å². The van der Waals surface area contributed by atoms with Gasteiger partial charge >= 0.3 is 0 Å². The van der Waals surface area contributed by atoms with Gasteiger partial charge in [0, 0.05) is 37.6 Å². The topological polar surface area (TPSA) is 78.3 Å². The second-order valence-corrected chi connectivity index (χ2v) is 5.39. The van der Waals surface area contributed by atoms with E-state index in [9.17, 15) is 4.79 Å². The van der Waals surface area contributed by atoms with Gasteiger partial charge < -0.3 is 19.4 Å². The fraction of sp³-hybridized carbons (Fsp3) is 0.438. The van der Waals surface area contributed by atoms with Crippen LogP contribution in [0.25, 0.3) is 0 Å². The number of hydrogen-bond donors (Lipinski definition) is 1. The molecule has 1 amide bonds. The molecule has 0 spiro atoms. The number of amides is 1. The molecule has 1 aliphatic rings. The molecule has 1 N–H and O–H groups in total. The fourth-order valence-corrected chi connectivity index (χ4v) is 2.72. The molecule has 7 nitrogen and oxygen atoms in total. The molecule has 0 unspecified atom stereocenters. The summed E-state index contributed by atoms with van der Waals surface area (Å²) < 4.78 is 12.5. The van der Waals surface area contributed by atoms with Crippen LogP contribution in [0.1, 0.15) is 28.4 Å². The highest BCUT2D eigenvalue weighted by Gasteiger charge is 2.17. The second kappa shape index (κ2) is 6.68. The lowest BCUT2D eigenvalue weighted by molar-refractivity contribution is 0.0953. The molecular weight excluding hydrogens is 296 g/mol. The molecular formula is C16H20N4O3. The van der Waals surface area contributed by atoms with Gasteiger partial charge in [-0.3, -0.25) is 4.79 Å². The van der Waals surface area contributed by atoms with E-state index in [1.54, 1.807) is 32.4 Å². The average Bonchev–Trinajstić information content (AvgIpc) is 3.18. The van der Waals surface area contributed by atoms with Crippen molar-refractivity contribution in [1.82, 2.24) is 20.1 Å². The quantitative estimate of drug-likeness (QED) is 0.867. The Morgan fingerprint density at radius 3 is 2.65 bits per heavy atom. The minimum absolute atomic E-state index is 0.164. The predicted octanol–water partition coefficient (Wildman–Crippen LogP) is 1.21. The average molecular weight is 316 g/mol. The van der Waals surface area contributed by atoms with Crippen molar-refractivity contribution in [3.05, 3.63) is 35.4 Å². The summed E-state index contributed by atoms with van der Waals surface area (Å²) in [5.41, 5.74) is 0.507. The third-order valence-corrected chi connectivity index (χ3v) is 3.93. The zero-order valence-corrected chi connectivity index (χ0v) is 13.3. The Morgan fingerprint density at radius 1 is 1.22 bits per heavy atom. The lowest BCUT2D eigenvalue weighted by atomic mass is 10.2. The highest BCUT2D eigenvalue weighted by Crippen LogP contribution is 2.22. The molecule has 2 heterocycles. The van der Waals surface area contributed by atoms with Crippen molar-refractivity contribution in [1.29, 1.82) is 0 Å². The van der Waals surface area contributed by atoms with Crippen molar-refractivity contribution in [3.63, 3.8) is 0 Å². The van der Waals surface area contributed by atoms with E-state index in [1.165, 1.54) is 0 Å². The molecule has 3 rings (SSSR count). The molecule has 122 valence electrons. The first-order chi connectivity index (χ1) is 11.2. The summed E-state index contributed by atoms with van der Waals surface area (Å²) in [6, 6.07) is 5.11. The van der Waals surface area contributed by atoms with Crippen LogP contribution in [0.2, 0.25) is 0 Å². The van der Waals surface area contributed by atoms with Crippen LogP contribution in [0, 0.1) is 0 Å². The number of methoxy groups -OCH3 is 2. The maximum atomic E-state index is 12.3. The molecule has 0 fully saturated rings. The lowest BCUT2D eigenvalue weighted by Crippen LogP contribution is -2.26. The molecule has 7 heteroatoms. The van der Waals surface area contributed by atoms with Crippen LogP contribution in [-0.4, -0.2) is 41.4 Å². The van der Waals surface area contributed by atoms with Crippen molar-refractivity contribution in [3.8, 4) is 11.5 Å². The number of aryl methyl sites for hydroxylation is 1. The first-order valence-corrected chi connectivity index (χ1v) is 7.63. The summed E-state index contributed by atoms with van der Waals surface area (Å²) in [6.07, 6.45) is 2.77. The number of benzene rings is 1. The number of hydrogen-bond acceptors (Lipinski definition) is 5.